The number of nitrogens with two attached hydrogens (primary N) is 1. The predicted molar refractivity (Wildman–Crippen MR) is 84.1 cm³/mol. The molecule has 4 nitrogen and oxygen atoms in total. The molecule has 0 radical (unpaired) electrons. The number of benzene rings is 1. The minimum absolute atomic E-state index is 0.0337. The van der Waals surface area contributed by atoms with Crippen molar-refractivity contribution >= 4 is 27.2 Å². The van der Waals surface area contributed by atoms with Gasteiger partial charge in [-0.3, -0.25) is 0 Å². The summed E-state index contributed by atoms with van der Waals surface area (Å²) < 4.78 is 40.2. The Labute approximate surface area is 130 Å². The summed E-state index contributed by atoms with van der Waals surface area (Å²) in [6.45, 7) is 5.18. The van der Waals surface area contributed by atoms with Crippen LogP contribution in [-0.2, 0) is 10.0 Å². The maximum atomic E-state index is 13.6. The molecule has 1 saturated heterocycles. The molecule has 0 amide bonds. The molecule has 0 unspecified atom stereocenters. The molecule has 0 bridgehead atoms. The molecule has 0 spiro atoms. The summed E-state index contributed by atoms with van der Waals surface area (Å²) in [5.74, 6) is -0.610. The lowest BCUT2D eigenvalue weighted by atomic mass is 9.83. The van der Waals surface area contributed by atoms with Crippen LogP contribution >= 0.6 is 12.2 Å². The molecule has 116 valence electrons. The molecular formula is C14H19FN2O2S2. The highest BCUT2D eigenvalue weighted by Gasteiger charge is 2.33. The van der Waals surface area contributed by atoms with E-state index in [1.807, 2.05) is 0 Å². The van der Waals surface area contributed by atoms with E-state index in [1.54, 1.807) is 0 Å². The van der Waals surface area contributed by atoms with Gasteiger partial charge in [0.15, 0.2) is 0 Å². The quantitative estimate of drug-likeness (QED) is 0.864. The van der Waals surface area contributed by atoms with Gasteiger partial charge in [-0.25, -0.2) is 12.8 Å². The van der Waals surface area contributed by atoms with Crippen molar-refractivity contribution in [2.45, 2.75) is 31.6 Å². The first-order valence-electron chi connectivity index (χ1n) is 6.73. The molecule has 0 aromatic heterocycles. The van der Waals surface area contributed by atoms with Crippen molar-refractivity contribution in [1.82, 2.24) is 4.31 Å². The first kappa shape index (κ1) is 16.3. The van der Waals surface area contributed by atoms with Crippen molar-refractivity contribution in [3.05, 3.63) is 29.6 Å². The van der Waals surface area contributed by atoms with E-state index in [1.165, 1.54) is 16.4 Å². The summed E-state index contributed by atoms with van der Waals surface area (Å²) in [5.41, 5.74) is 5.54. The number of thiocarbonyl (C=S) groups is 1. The molecular weight excluding hydrogens is 311 g/mol. The fraction of sp³-hybridized carbons (Fsp3) is 0.500. The minimum atomic E-state index is -3.63. The van der Waals surface area contributed by atoms with E-state index in [4.69, 9.17) is 18.0 Å². The molecule has 1 aromatic carbocycles. The van der Waals surface area contributed by atoms with Crippen molar-refractivity contribution in [1.29, 1.82) is 0 Å². The van der Waals surface area contributed by atoms with Crippen molar-refractivity contribution < 1.29 is 12.8 Å². The summed E-state index contributed by atoms with van der Waals surface area (Å²) >= 11 is 4.75. The lowest BCUT2D eigenvalue weighted by molar-refractivity contribution is 0.196. The van der Waals surface area contributed by atoms with Gasteiger partial charge in [-0.2, -0.15) is 4.31 Å². The van der Waals surface area contributed by atoms with Gasteiger partial charge in [-0.05, 0) is 36.5 Å². The molecule has 0 saturated carbocycles. The van der Waals surface area contributed by atoms with Crippen molar-refractivity contribution in [3.8, 4) is 0 Å². The zero-order valence-corrected chi connectivity index (χ0v) is 13.7. The summed E-state index contributed by atoms with van der Waals surface area (Å²) in [5, 5.41) is 0. The van der Waals surface area contributed by atoms with Gasteiger partial charge < -0.3 is 5.73 Å². The number of piperidine rings is 1. The highest BCUT2D eigenvalue weighted by molar-refractivity contribution is 7.89. The first-order chi connectivity index (χ1) is 9.63. The molecule has 0 aliphatic carbocycles. The van der Waals surface area contributed by atoms with Gasteiger partial charge in [0.05, 0.1) is 4.90 Å². The van der Waals surface area contributed by atoms with Crippen LogP contribution in [0.1, 0.15) is 32.3 Å². The third-order valence-corrected chi connectivity index (χ3v) is 6.03. The Kier molecular flexibility index (Phi) is 4.37. The topological polar surface area (TPSA) is 63.4 Å². The summed E-state index contributed by atoms with van der Waals surface area (Å²) in [6.07, 6.45) is 1.60. The standard InChI is InChI=1S/C14H19FN2O2S2/c1-14(2)5-7-17(8-6-14)21(18,19)10-3-4-12(15)11(9-10)13(16)20/h3-4,9H,5-8H2,1-2H3,(H2,16,20). The zero-order valence-electron chi connectivity index (χ0n) is 12.1. The van der Waals surface area contributed by atoms with Gasteiger partial charge in [0, 0.05) is 18.7 Å². The van der Waals surface area contributed by atoms with Crippen LogP contribution in [0.4, 0.5) is 4.39 Å². The second kappa shape index (κ2) is 5.62. The molecule has 0 atom stereocenters. The van der Waals surface area contributed by atoms with E-state index in [0.29, 0.717) is 13.1 Å². The Hall–Kier alpha value is -1.05. The van der Waals surface area contributed by atoms with E-state index in [9.17, 15) is 12.8 Å². The van der Waals surface area contributed by atoms with Crippen molar-refractivity contribution in [3.63, 3.8) is 0 Å². The number of sulfonamides is 1. The summed E-state index contributed by atoms with van der Waals surface area (Å²) in [4.78, 5) is -0.115. The van der Waals surface area contributed by atoms with Gasteiger partial charge >= 0.3 is 0 Å². The molecule has 7 heteroatoms. The molecule has 1 aliphatic rings. The molecule has 2 rings (SSSR count). The van der Waals surface area contributed by atoms with E-state index >= 15 is 0 Å². The first-order valence-corrected chi connectivity index (χ1v) is 8.58. The third kappa shape index (κ3) is 3.41. The monoisotopic (exact) mass is 330 g/mol. The maximum absolute atomic E-state index is 13.6. The minimum Gasteiger partial charge on any atom is -0.389 e. The highest BCUT2D eigenvalue weighted by atomic mass is 32.2. The summed E-state index contributed by atoms with van der Waals surface area (Å²) in [7, 11) is -3.63. The lowest BCUT2D eigenvalue weighted by Gasteiger charge is -2.36. The molecule has 1 fully saturated rings. The van der Waals surface area contributed by atoms with E-state index in [-0.39, 0.29) is 20.9 Å². The van der Waals surface area contributed by atoms with Crippen LogP contribution in [0, 0.1) is 11.2 Å². The van der Waals surface area contributed by atoms with Crippen LogP contribution in [0.5, 0.6) is 0 Å². The molecule has 2 N–H and O–H groups in total. The Morgan fingerprint density at radius 3 is 2.43 bits per heavy atom. The number of rotatable bonds is 3. The number of hydrogen-bond acceptors (Lipinski definition) is 3. The van der Waals surface area contributed by atoms with Crippen LogP contribution in [0.3, 0.4) is 0 Å². The van der Waals surface area contributed by atoms with Crippen molar-refractivity contribution in [2.24, 2.45) is 11.1 Å². The van der Waals surface area contributed by atoms with Gasteiger partial charge in [-0.15, -0.1) is 0 Å². The summed E-state index contributed by atoms with van der Waals surface area (Å²) in [6, 6.07) is 3.56. The Balaban J connectivity index is 2.33. The number of nitrogens with zero attached hydrogens (tertiary/aromatic N) is 1. The lowest BCUT2D eigenvalue weighted by Crippen LogP contribution is -2.41. The van der Waals surface area contributed by atoms with Gasteiger partial charge in [0.25, 0.3) is 0 Å². The van der Waals surface area contributed by atoms with Gasteiger partial charge in [0.2, 0.25) is 10.0 Å². The third-order valence-electron chi connectivity index (χ3n) is 3.92. The molecule has 1 aromatic rings. The zero-order chi connectivity index (χ0) is 15.8. The Bertz CT molecular complexity index is 662. The van der Waals surface area contributed by atoms with Crippen LogP contribution in [0.2, 0.25) is 0 Å². The number of hydrogen-bond donors (Lipinski definition) is 1. The fourth-order valence-electron chi connectivity index (χ4n) is 2.33. The smallest absolute Gasteiger partial charge is 0.243 e. The van der Waals surface area contributed by atoms with Crippen LogP contribution in [0.25, 0.3) is 0 Å². The normalized spacial score (nSPS) is 19.4. The maximum Gasteiger partial charge on any atom is 0.243 e. The Morgan fingerprint density at radius 1 is 1.33 bits per heavy atom. The van der Waals surface area contributed by atoms with E-state index in [2.05, 4.69) is 13.8 Å². The second-order valence-corrected chi connectivity index (χ2v) is 8.45. The second-order valence-electron chi connectivity index (χ2n) is 6.07. The SMILES string of the molecule is CC1(C)CCN(S(=O)(=O)c2ccc(F)c(C(N)=S)c2)CC1. The van der Waals surface area contributed by atoms with Crippen LogP contribution < -0.4 is 5.73 Å². The van der Waals surface area contributed by atoms with E-state index < -0.39 is 15.8 Å². The van der Waals surface area contributed by atoms with Gasteiger partial charge in [-0.1, -0.05) is 26.1 Å². The predicted octanol–water partition coefficient (Wildman–Crippen LogP) is 2.27. The van der Waals surface area contributed by atoms with Crippen molar-refractivity contribution in [2.75, 3.05) is 13.1 Å². The highest BCUT2D eigenvalue weighted by Crippen LogP contribution is 2.32. The average Bonchev–Trinajstić information content (AvgIpc) is 2.38. The van der Waals surface area contributed by atoms with Crippen LogP contribution in [-0.4, -0.2) is 30.8 Å². The average molecular weight is 330 g/mol. The number of halogens is 1. The molecule has 1 heterocycles. The fourth-order valence-corrected chi connectivity index (χ4v) is 3.96. The van der Waals surface area contributed by atoms with Crippen LogP contribution in [0.15, 0.2) is 23.1 Å². The largest absolute Gasteiger partial charge is 0.389 e. The Morgan fingerprint density at radius 2 is 1.90 bits per heavy atom. The van der Waals surface area contributed by atoms with E-state index in [0.717, 1.165) is 18.9 Å². The van der Waals surface area contributed by atoms with Gasteiger partial charge in [0.1, 0.15) is 10.8 Å². The molecule has 21 heavy (non-hydrogen) atoms. The molecule has 1 aliphatic heterocycles.